The minimum absolute atomic E-state index is 0.0286. The first-order valence-electron chi connectivity index (χ1n) is 10.6. The Morgan fingerprint density at radius 1 is 1.19 bits per heavy atom. The lowest BCUT2D eigenvalue weighted by Crippen LogP contribution is -2.54. The molecule has 1 aliphatic rings. The Morgan fingerprint density at radius 2 is 1.97 bits per heavy atom. The Bertz CT molecular complexity index is 892. The number of nitrogens with one attached hydrogen (secondary N) is 2. The maximum absolute atomic E-state index is 12.9. The van der Waals surface area contributed by atoms with Crippen LogP contribution in [0.1, 0.15) is 46.2 Å². The van der Waals surface area contributed by atoms with Crippen molar-refractivity contribution in [2.24, 2.45) is 5.92 Å². The maximum Gasteiger partial charge on any atom is 0.263 e. The van der Waals surface area contributed by atoms with Crippen molar-refractivity contribution >= 4 is 29.1 Å². The number of methoxy groups -OCH3 is 1. The van der Waals surface area contributed by atoms with Gasteiger partial charge in [0.1, 0.15) is 11.8 Å². The van der Waals surface area contributed by atoms with Gasteiger partial charge in [0.25, 0.3) is 11.8 Å². The van der Waals surface area contributed by atoms with Gasteiger partial charge >= 0.3 is 0 Å². The standard InChI is InChI=1S/C23H29N3O4S/c1-3-11-24-22(28)20(25-21(27)17-6-4-7-18(15-17)30-2)16-9-12-26(13-10-16)23(29)19-8-5-14-31-19/h4-8,14-16,20H,3,9-13H2,1-2H3,(H,24,28)(H,25,27). The molecule has 2 N–H and O–H groups in total. The van der Waals surface area contributed by atoms with Crippen molar-refractivity contribution in [2.75, 3.05) is 26.7 Å². The molecular formula is C23H29N3O4S. The number of amides is 3. The fraction of sp³-hybridized carbons (Fsp3) is 0.435. The molecule has 8 heteroatoms. The topological polar surface area (TPSA) is 87.7 Å². The fourth-order valence-corrected chi connectivity index (χ4v) is 4.43. The van der Waals surface area contributed by atoms with Crippen molar-refractivity contribution in [1.29, 1.82) is 0 Å². The summed E-state index contributed by atoms with van der Waals surface area (Å²) in [7, 11) is 1.54. The average molecular weight is 444 g/mol. The average Bonchev–Trinajstić information content (AvgIpc) is 3.35. The second-order valence-corrected chi connectivity index (χ2v) is 8.53. The summed E-state index contributed by atoms with van der Waals surface area (Å²) in [6.45, 7) is 3.67. The second-order valence-electron chi connectivity index (χ2n) is 7.58. The summed E-state index contributed by atoms with van der Waals surface area (Å²) in [5.41, 5.74) is 0.443. The predicted molar refractivity (Wildman–Crippen MR) is 120 cm³/mol. The van der Waals surface area contributed by atoms with E-state index in [2.05, 4.69) is 10.6 Å². The number of carbonyl (C=O) groups excluding carboxylic acids is 3. The van der Waals surface area contributed by atoms with Crippen molar-refractivity contribution in [3.63, 3.8) is 0 Å². The summed E-state index contributed by atoms with van der Waals surface area (Å²) >= 11 is 1.43. The number of nitrogens with zero attached hydrogens (tertiary/aromatic N) is 1. The number of rotatable bonds is 8. The smallest absolute Gasteiger partial charge is 0.263 e. The molecule has 2 heterocycles. The van der Waals surface area contributed by atoms with Crippen molar-refractivity contribution in [3.8, 4) is 5.75 Å². The van der Waals surface area contributed by atoms with Crippen LogP contribution < -0.4 is 15.4 Å². The molecule has 0 saturated carbocycles. The summed E-state index contributed by atoms with van der Waals surface area (Å²) in [4.78, 5) is 40.9. The van der Waals surface area contributed by atoms with E-state index in [-0.39, 0.29) is 23.6 Å². The van der Waals surface area contributed by atoms with Crippen molar-refractivity contribution < 1.29 is 19.1 Å². The minimum atomic E-state index is -0.649. The number of carbonyl (C=O) groups is 3. The molecule has 2 aromatic rings. The van der Waals surface area contributed by atoms with Gasteiger partial charge in [0.05, 0.1) is 12.0 Å². The zero-order chi connectivity index (χ0) is 22.2. The molecular weight excluding hydrogens is 414 g/mol. The number of hydrogen-bond acceptors (Lipinski definition) is 5. The highest BCUT2D eigenvalue weighted by Crippen LogP contribution is 2.24. The fourth-order valence-electron chi connectivity index (χ4n) is 3.74. The number of thiophene rings is 1. The Morgan fingerprint density at radius 3 is 2.61 bits per heavy atom. The lowest BCUT2D eigenvalue weighted by atomic mass is 9.88. The van der Waals surface area contributed by atoms with Crippen LogP contribution >= 0.6 is 11.3 Å². The molecule has 1 aromatic carbocycles. The van der Waals surface area contributed by atoms with Gasteiger partial charge in [0.2, 0.25) is 5.91 Å². The molecule has 1 fully saturated rings. The van der Waals surface area contributed by atoms with Crippen LogP contribution in [-0.2, 0) is 4.79 Å². The molecule has 7 nitrogen and oxygen atoms in total. The molecule has 0 aliphatic carbocycles. The highest BCUT2D eigenvalue weighted by molar-refractivity contribution is 7.12. The van der Waals surface area contributed by atoms with Crippen LogP contribution in [0.3, 0.4) is 0 Å². The second kappa shape index (κ2) is 10.9. The zero-order valence-electron chi connectivity index (χ0n) is 17.9. The number of piperidine rings is 1. The van der Waals surface area contributed by atoms with Crippen LogP contribution in [0.4, 0.5) is 0 Å². The molecule has 3 amide bonds. The van der Waals surface area contributed by atoms with E-state index in [1.807, 2.05) is 29.3 Å². The first-order valence-corrected chi connectivity index (χ1v) is 11.5. The van der Waals surface area contributed by atoms with Crippen LogP contribution in [0.15, 0.2) is 41.8 Å². The number of benzene rings is 1. The molecule has 1 atom stereocenters. The Balaban J connectivity index is 1.68. The predicted octanol–water partition coefficient (Wildman–Crippen LogP) is 2.93. The molecule has 0 radical (unpaired) electrons. The first kappa shape index (κ1) is 22.8. The van der Waals surface area contributed by atoms with Gasteiger partial charge in [-0.3, -0.25) is 14.4 Å². The van der Waals surface area contributed by atoms with Crippen molar-refractivity contribution in [1.82, 2.24) is 15.5 Å². The molecule has 3 rings (SSSR count). The first-order chi connectivity index (χ1) is 15.0. The lowest BCUT2D eigenvalue weighted by molar-refractivity contribution is -0.124. The van der Waals surface area contributed by atoms with Gasteiger partial charge in [0, 0.05) is 25.2 Å². The van der Waals surface area contributed by atoms with Crippen molar-refractivity contribution in [3.05, 3.63) is 52.2 Å². The molecule has 0 bridgehead atoms. The van der Waals surface area contributed by atoms with Gasteiger partial charge in [-0.2, -0.15) is 0 Å². The number of hydrogen-bond donors (Lipinski definition) is 2. The number of likely N-dealkylation sites (tertiary alicyclic amines) is 1. The van der Waals surface area contributed by atoms with Crippen LogP contribution in [0.5, 0.6) is 5.75 Å². The van der Waals surface area contributed by atoms with Crippen LogP contribution in [0, 0.1) is 5.92 Å². The van der Waals surface area contributed by atoms with Crippen LogP contribution in [0.2, 0.25) is 0 Å². The van der Waals surface area contributed by atoms with Gasteiger partial charge in [-0.05, 0) is 54.8 Å². The van der Waals surface area contributed by atoms with Gasteiger partial charge in [-0.1, -0.05) is 19.1 Å². The summed E-state index contributed by atoms with van der Waals surface area (Å²) < 4.78 is 5.20. The van der Waals surface area contributed by atoms with E-state index in [0.29, 0.717) is 43.8 Å². The normalized spacial score (nSPS) is 15.2. The van der Waals surface area contributed by atoms with Crippen molar-refractivity contribution in [2.45, 2.75) is 32.2 Å². The maximum atomic E-state index is 12.9. The molecule has 1 unspecified atom stereocenters. The van der Waals surface area contributed by atoms with E-state index in [1.165, 1.54) is 11.3 Å². The van der Waals surface area contributed by atoms with Crippen LogP contribution in [0.25, 0.3) is 0 Å². The summed E-state index contributed by atoms with van der Waals surface area (Å²) in [5.74, 6) is 0.0773. The van der Waals surface area contributed by atoms with E-state index < -0.39 is 6.04 Å². The quantitative estimate of drug-likeness (QED) is 0.657. The van der Waals surface area contributed by atoms with E-state index in [4.69, 9.17) is 4.74 Å². The third-order valence-electron chi connectivity index (χ3n) is 5.48. The molecule has 166 valence electrons. The van der Waals surface area contributed by atoms with Gasteiger partial charge in [-0.15, -0.1) is 11.3 Å². The Kier molecular flexibility index (Phi) is 8.06. The lowest BCUT2D eigenvalue weighted by Gasteiger charge is -2.35. The zero-order valence-corrected chi connectivity index (χ0v) is 18.7. The van der Waals surface area contributed by atoms with E-state index in [9.17, 15) is 14.4 Å². The number of ether oxygens (including phenoxy) is 1. The third kappa shape index (κ3) is 5.85. The largest absolute Gasteiger partial charge is 0.497 e. The highest BCUT2D eigenvalue weighted by atomic mass is 32.1. The summed E-state index contributed by atoms with van der Waals surface area (Å²) in [5, 5.41) is 7.73. The van der Waals surface area contributed by atoms with Gasteiger partial charge < -0.3 is 20.3 Å². The Labute approximate surface area is 186 Å². The van der Waals surface area contributed by atoms with E-state index >= 15 is 0 Å². The summed E-state index contributed by atoms with van der Waals surface area (Å²) in [6.07, 6.45) is 2.12. The Hall–Kier alpha value is -2.87. The third-order valence-corrected chi connectivity index (χ3v) is 6.34. The molecule has 31 heavy (non-hydrogen) atoms. The molecule has 1 aliphatic heterocycles. The molecule has 1 aromatic heterocycles. The minimum Gasteiger partial charge on any atom is -0.497 e. The van der Waals surface area contributed by atoms with Gasteiger partial charge in [0.15, 0.2) is 0 Å². The summed E-state index contributed by atoms with van der Waals surface area (Å²) in [6, 6.07) is 9.90. The van der Waals surface area contributed by atoms with E-state index in [1.54, 1.807) is 31.4 Å². The van der Waals surface area contributed by atoms with Crippen LogP contribution in [-0.4, -0.2) is 55.4 Å². The molecule has 0 spiro atoms. The monoisotopic (exact) mass is 443 g/mol. The van der Waals surface area contributed by atoms with Gasteiger partial charge in [-0.25, -0.2) is 0 Å². The molecule has 1 saturated heterocycles. The van der Waals surface area contributed by atoms with E-state index in [0.717, 1.165) is 11.3 Å². The highest BCUT2D eigenvalue weighted by Gasteiger charge is 2.34. The SMILES string of the molecule is CCCNC(=O)C(NC(=O)c1cccc(OC)c1)C1CCN(C(=O)c2cccs2)CC1.